The molecular weight excluding hydrogens is 468 g/mol. The van der Waals surface area contributed by atoms with E-state index in [2.05, 4.69) is 35.7 Å². The molecule has 0 saturated carbocycles. The van der Waals surface area contributed by atoms with Crippen LogP contribution in [0, 0.1) is 18.6 Å². The smallest absolute Gasteiger partial charge is 0.292 e. The number of aliphatic hydroxyl groups excluding tert-OH is 1. The molecule has 4 rings (SSSR count). The van der Waals surface area contributed by atoms with Gasteiger partial charge in [-0.05, 0) is 19.9 Å². The highest BCUT2D eigenvalue weighted by molar-refractivity contribution is 7.98. The van der Waals surface area contributed by atoms with Crippen molar-refractivity contribution in [3.63, 3.8) is 0 Å². The van der Waals surface area contributed by atoms with Gasteiger partial charge in [0.1, 0.15) is 0 Å². The molecular formula is C21H21F2N7O3S. The number of aliphatic hydroxyl groups is 1. The average Bonchev–Trinajstić information content (AvgIpc) is 3.23. The van der Waals surface area contributed by atoms with Crippen LogP contribution in [0.5, 0.6) is 0 Å². The van der Waals surface area contributed by atoms with Crippen LogP contribution in [0.2, 0.25) is 0 Å². The van der Waals surface area contributed by atoms with Gasteiger partial charge in [-0.1, -0.05) is 29.1 Å². The first-order chi connectivity index (χ1) is 16.3. The second-order valence-electron chi connectivity index (χ2n) is 7.48. The van der Waals surface area contributed by atoms with Crippen molar-refractivity contribution in [3.8, 4) is 0 Å². The van der Waals surface area contributed by atoms with Crippen molar-refractivity contribution in [2.45, 2.75) is 37.3 Å². The number of aryl methyl sites for hydroxylation is 1. The number of hydrogen-bond acceptors (Lipinski definition) is 10. The Hall–Kier alpha value is -3.58. The Bertz CT molecular complexity index is 1380. The Morgan fingerprint density at radius 3 is 2.79 bits per heavy atom. The Morgan fingerprint density at radius 2 is 2.06 bits per heavy atom. The van der Waals surface area contributed by atoms with E-state index in [0.29, 0.717) is 11.5 Å². The Kier molecular flexibility index (Phi) is 7.03. The van der Waals surface area contributed by atoms with Crippen LogP contribution in [0.3, 0.4) is 0 Å². The second kappa shape index (κ2) is 10.1. The van der Waals surface area contributed by atoms with E-state index in [1.165, 1.54) is 12.1 Å². The van der Waals surface area contributed by atoms with Crippen LogP contribution in [-0.4, -0.2) is 42.8 Å². The largest absolute Gasteiger partial charge is 0.394 e. The molecule has 4 N–H and O–H groups in total. The molecule has 0 fully saturated rings. The molecule has 0 bridgehead atoms. The average molecular weight is 490 g/mol. The molecule has 0 aliphatic rings. The van der Waals surface area contributed by atoms with Crippen LogP contribution in [0.25, 0.3) is 11.2 Å². The lowest BCUT2D eigenvalue weighted by Crippen LogP contribution is -2.22. The number of H-pyrrole nitrogens is 1. The highest BCUT2D eigenvalue weighted by Gasteiger charge is 2.16. The predicted octanol–water partition coefficient (Wildman–Crippen LogP) is 2.98. The van der Waals surface area contributed by atoms with Crippen molar-refractivity contribution >= 4 is 34.6 Å². The summed E-state index contributed by atoms with van der Waals surface area (Å²) >= 11 is 1.06. The summed E-state index contributed by atoms with van der Waals surface area (Å²) in [5, 5.41) is 19.4. The van der Waals surface area contributed by atoms with Crippen molar-refractivity contribution in [1.29, 1.82) is 0 Å². The van der Waals surface area contributed by atoms with E-state index in [-0.39, 0.29) is 58.5 Å². The van der Waals surface area contributed by atoms with Crippen LogP contribution in [-0.2, 0) is 12.3 Å². The Balaban J connectivity index is 1.65. The number of nitrogens with zero attached hydrogens (tertiary/aromatic N) is 4. The number of halogens is 2. The summed E-state index contributed by atoms with van der Waals surface area (Å²) in [4.78, 5) is 28.3. The molecule has 0 saturated heterocycles. The summed E-state index contributed by atoms with van der Waals surface area (Å²) in [6.07, 6.45) is 0. The molecule has 13 heteroatoms. The van der Waals surface area contributed by atoms with Gasteiger partial charge >= 0.3 is 0 Å². The molecule has 0 amide bonds. The summed E-state index contributed by atoms with van der Waals surface area (Å²) in [6, 6.07) is 5.28. The van der Waals surface area contributed by atoms with E-state index in [1.807, 2.05) is 0 Å². The Morgan fingerprint density at radius 1 is 1.24 bits per heavy atom. The zero-order valence-electron chi connectivity index (χ0n) is 18.2. The van der Waals surface area contributed by atoms with Gasteiger partial charge in [0.2, 0.25) is 0 Å². The summed E-state index contributed by atoms with van der Waals surface area (Å²) in [5.74, 6) is -0.992. The van der Waals surface area contributed by atoms with E-state index >= 15 is 0 Å². The third kappa shape index (κ3) is 5.31. The minimum Gasteiger partial charge on any atom is -0.394 e. The van der Waals surface area contributed by atoms with E-state index in [4.69, 9.17) is 4.52 Å². The van der Waals surface area contributed by atoms with Gasteiger partial charge in [-0.25, -0.2) is 23.7 Å². The minimum atomic E-state index is -0.939. The number of aromatic amines is 1. The molecule has 178 valence electrons. The maximum atomic E-state index is 14.0. The number of thioether (sulfide) groups is 1. The fraction of sp³-hybridized carbons (Fsp3) is 0.286. The fourth-order valence-electron chi connectivity index (χ4n) is 2.99. The zero-order valence-corrected chi connectivity index (χ0v) is 19.0. The summed E-state index contributed by atoms with van der Waals surface area (Å²) in [6.45, 7) is 3.53. The standard InChI is InChI=1S/C21H21F2N7O3S/c1-10-6-13(33-30-10)7-24-19-20(32)27-18-16(26-19)17(25-11(2)8-31)28-21(29-18)34-9-12-4-3-5-14(22)15(12)23/h3-6,11,31H,7-9H2,1-2H3,(H,24,26)(H2,25,27,28,29,32)/t11-/m1/s1. The number of benzene rings is 1. The summed E-state index contributed by atoms with van der Waals surface area (Å²) in [7, 11) is 0. The van der Waals surface area contributed by atoms with Crippen LogP contribution >= 0.6 is 11.8 Å². The van der Waals surface area contributed by atoms with Gasteiger partial charge in [0.25, 0.3) is 5.56 Å². The molecule has 0 unspecified atom stereocenters. The summed E-state index contributed by atoms with van der Waals surface area (Å²) < 4.78 is 32.6. The molecule has 0 aliphatic heterocycles. The molecule has 1 atom stereocenters. The number of nitrogens with one attached hydrogen (secondary N) is 3. The lowest BCUT2D eigenvalue weighted by Gasteiger charge is -2.14. The molecule has 34 heavy (non-hydrogen) atoms. The quantitative estimate of drug-likeness (QED) is 0.205. The third-order valence-corrected chi connectivity index (χ3v) is 5.58. The molecule has 3 heterocycles. The first-order valence-corrected chi connectivity index (χ1v) is 11.2. The second-order valence-corrected chi connectivity index (χ2v) is 8.43. The van der Waals surface area contributed by atoms with Crippen LogP contribution in [0.1, 0.15) is 23.9 Å². The van der Waals surface area contributed by atoms with E-state index in [1.54, 1.807) is 19.9 Å². The van der Waals surface area contributed by atoms with Crippen molar-refractivity contribution in [3.05, 3.63) is 63.3 Å². The van der Waals surface area contributed by atoms with Gasteiger partial charge in [-0.2, -0.15) is 0 Å². The van der Waals surface area contributed by atoms with Crippen LogP contribution in [0.4, 0.5) is 20.4 Å². The van der Waals surface area contributed by atoms with Gasteiger partial charge in [0.15, 0.2) is 45.4 Å². The van der Waals surface area contributed by atoms with E-state index < -0.39 is 17.2 Å². The highest BCUT2D eigenvalue weighted by atomic mass is 32.2. The predicted molar refractivity (Wildman–Crippen MR) is 123 cm³/mol. The monoisotopic (exact) mass is 489 g/mol. The molecule has 0 spiro atoms. The molecule has 10 nitrogen and oxygen atoms in total. The van der Waals surface area contributed by atoms with Crippen LogP contribution < -0.4 is 16.2 Å². The number of aromatic nitrogens is 5. The summed E-state index contributed by atoms with van der Waals surface area (Å²) in [5.41, 5.74) is 0.753. The molecule has 3 aromatic heterocycles. The van der Waals surface area contributed by atoms with Crippen molar-refractivity contribution in [2.75, 3.05) is 17.2 Å². The SMILES string of the molecule is Cc1cc(CNc2nc3c(N[C@H](C)CO)nc(SCc4cccc(F)c4F)nc3[nH]c2=O)on1. The van der Waals surface area contributed by atoms with Gasteiger partial charge < -0.3 is 25.2 Å². The van der Waals surface area contributed by atoms with Gasteiger partial charge in [-0.3, -0.25) is 4.79 Å². The van der Waals surface area contributed by atoms with Gasteiger partial charge in [-0.15, -0.1) is 0 Å². The maximum Gasteiger partial charge on any atom is 0.292 e. The van der Waals surface area contributed by atoms with Gasteiger partial charge in [0, 0.05) is 23.4 Å². The molecule has 0 radical (unpaired) electrons. The van der Waals surface area contributed by atoms with E-state index in [9.17, 15) is 18.7 Å². The van der Waals surface area contributed by atoms with Crippen molar-refractivity contribution in [2.24, 2.45) is 0 Å². The Labute approximate surface area is 196 Å². The molecule has 1 aromatic carbocycles. The maximum absolute atomic E-state index is 14.0. The third-order valence-electron chi connectivity index (χ3n) is 4.69. The lowest BCUT2D eigenvalue weighted by atomic mass is 10.2. The van der Waals surface area contributed by atoms with Crippen LogP contribution in [0.15, 0.2) is 38.7 Å². The normalized spacial score (nSPS) is 12.1. The first kappa shape index (κ1) is 23.6. The van der Waals surface area contributed by atoms with Gasteiger partial charge in [0.05, 0.1) is 18.8 Å². The molecule has 0 aliphatic carbocycles. The number of hydrogen-bond donors (Lipinski definition) is 4. The topological polar surface area (TPSA) is 142 Å². The fourth-order valence-corrected chi connectivity index (χ4v) is 3.81. The van der Waals surface area contributed by atoms with E-state index in [0.717, 1.165) is 17.8 Å². The zero-order chi connectivity index (χ0) is 24.2. The number of rotatable bonds is 9. The van der Waals surface area contributed by atoms with Crippen molar-refractivity contribution in [1.82, 2.24) is 25.1 Å². The highest BCUT2D eigenvalue weighted by Crippen LogP contribution is 2.26. The first-order valence-electron chi connectivity index (χ1n) is 10.2. The number of fused-ring (bicyclic) bond motifs is 1. The molecule has 4 aromatic rings. The lowest BCUT2D eigenvalue weighted by molar-refractivity contribution is 0.281. The number of anilines is 2. The van der Waals surface area contributed by atoms with Crippen molar-refractivity contribution < 1.29 is 18.4 Å². The minimum absolute atomic E-state index is 0.0205.